The fraction of sp³-hybridized carbons (Fsp3) is 0.143. The Morgan fingerprint density at radius 2 is 1.79 bits per heavy atom. The standard InChI is InChI=1S/C14H13NO3S/c1-19(17,18)14(11-6-3-2-4-7-11)12-8-5-9-15-13(12)10-16/h2-10,14H,1H3. The van der Waals surface area contributed by atoms with Crippen molar-refractivity contribution in [3.63, 3.8) is 0 Å². The molecular weight excluding hydrogens is 262 g/mol. The molecule has 1 heterocycles. The largest absolute Gasteiger partial charge is 0.296 e. The molecule has 0 aliphatic rings. The van der Waals surface area contributed by atoms with Gasteiger partial charge in [-0.3, -0.25) is 9.78 Å². The average Bonchev–Trinajstić information content (AvgIpc) is 2.39. The maximum Gasteiger partial charge on any atom is 0.168 e. The Labute approximate surface area is 112 Å². The smallest absolute Gasteiger partial charge is 0.168 e. The van der Waals surface area contributed by atoms with E-state index in [4.69, 9.17) is 0 Å². The first-order valence-corrected chi connectivity index (χ1v) is 7.63. The van der Waals surface area contributed by atoms with Crippen LogP contribution in [0, 0.1) is 0 Å². The molecule has 1 aromatic carbocycles. The van der Waals surface area contributed by atoms with E-state index >= 15 is 0 Å². The molecule has 19 heavy (non-hydrogen) atoms. The van der Waals surface area contributed by atoms with Gasteiger partial charge in [0.05, 0.1) is 0 Å². The summed E-state index contributed by atoms with van der Waals surface area (Å²) in [5.41, 5.74) is 1.19. The number of aldehydes is 1. The zero-order valence-corrected chi connectivity index (χ0v) is 11.2. The molecule has 98 valence electrons. The first-order valence-electron chi connectivity index (χ1n) is 5.68. The summed E-state index contributed by atoms with van der Waals surface area (Å²) >= 11 is 0. The maximum absolute atomic E-state index is 12.1. The monoisotopic (exact) mass is 275 g/mol. The molecule has 1 atom stereocenters. The van der Waals surface area contributed by atoms with Gasteiger partial charge < -0.3 is 0 Å². The van der Waals surface area contributed by atoms with Crippen LogP contribution >= 0.6 is 0 Å². The molecule has 0 radical (unpaired) electrons. The lowest BCUT2D eigenvalue weighted by atomic mass is 10.0. The predicted octanol–water partition coefficient (Wildman–Crippen LogP) is 2.03. The van der Waals surface area contributed by atoms with Crippen LogP contribution in [0.1, 0.15) is 26.9 Å². The molecule has 5 heteroatoms. The maximum atomic E-state index is 12.1. The fourth-order valence-corrected chi connectivity index (χ4v) is 3.35. The van der Waals surface area contributed by atoms with Crippen molar-refractivity contribution in [2.45, 2.75) is 5.25 Å². The van der Waals surface area contributed by atoms with Gasteiger partial charge in [-0.05, 0) is 11.6 Å². The van der Waals surface area contributed by atoms with Gasteiger partial charge >= 0.3 is 0 Å². The Kier molecular flexibility index (Phi) is 3.76. The van der Waals surface area contributed by atoms with E-state index in [-0.39, 0.29) is 5.69 Å². The predicted molar refractivity (Wildman–Crippen MR) is 72.8 cm³/mol. The van der Waals surface area contributed by atoms with Crippen molar-refractivity contribution in [2.75, 3.05) is 6.26 Å². The van der Waals surface area contributed by atoms with Gasteiger partial charge in [0.2, 0.25) is 0 Å². The van der Waals surface area contributed by atoms with Gasteiger partial charge in [0.15, 0.2) is 16.1 Å². The lowest BCUT2D eigenvalue weighted by Crippen LogP contribution is -2.15. The van der Waals surface area contributed by atoms with Crippen molar-refractivity contribution in [1.29, 1.82) is 0 Å². The quantitative estimate of drug-likeness (QED) is 0.801. The van der Waals surface area contributed by atoms with Crippen LogP contribution in [-0.4, -0.2) is 25.9 Å². The van der Waals surface area contributed by atoms with Crippen molar-refractivity contribution in [1.82, 2.24) is 4.98 Å². The first kappa shape index (κ1) is 13.4. The van der Waals surface area contributed by atoms with Crippen molar-refractivity contribution in [3.8, 4) is 0 Å². The summed E-state index contributed by atoms with van der Waals surface area (Å²) < 4.78 is 24.1. The second-order valence-corrected chi connectivity index (χ2v) is 6.35. The molecule has 4 nitrogen and oxygen atoms in total. The minimum absolute atomic E-state index is 0.154. The number of hydrogen-bond donors (Lipinski definition) is 0. The molecule has 0 amide bonds. The second-order valence-electron chi connectivity index (χ2n) is 4.22. The minimum atomic E-state index is -3.40. The summed E-state index contributed by atoms with van der Waals surface area (Å²) in [5, 5.41) is -0.873. The molecule has 0 aliphatic carbocycles. The molecule has 0 N–H and O–H groups in total. The number of carbonyl (C=O) groups excluding carboxylic acids is 1. The summed E-state index contributed by atoms with van der Waals surface area (Å²) in [5.74, 6) is 0. The van der Waals surface area contributed by atoms with Gasteiger partial charge in [0.1, 0.15) is 10.9 Å². The van der Waals surface area contributed by atoms with E-state index in [2.05, 4.69) is 4.98 Å². The summed E-state index contributed by atoms with van der Waals surface area (Å²) in [6, 6.07) is 12.1. The summed E-state index contributed by atoms with van der Waals surface area (Å²) in [6.07, 6.45) is 3.21. The fourth-order valence-electron chi connectivity index (χ4n) is 2.04. The normalized spacial score (nSPS) is 12.9. The molecule has 2 aromatic rings. The third-order valence-electron chi connectivity index (χ3n) is 2.80. The zero-order valence-electron chi connectivity index (χ0n) is 10.4. The van der Waals surface area contributed by atoms with E-state index in [1.807, 2.05) is 6.07 Å². The zero-order chi connectivity index (χ0) is 13.9. The molecule has 0 saturated carbocycles. The van der Waals surface area contributed by atoms with Crippen LogP contribution in [0.4, 0.5) is 0 Å². The van der Waals surface area contributed by atoms with Gasteiger partial charge in [0, 0.05) is 18.0 Å². The van der Waals surface area contributed by atoms with Gasteiger partial charge in [0.25, 0.3) is 0 Å². The van der Waals surface area contributed by atoms with Gasteiger partial charge in [-0.15, -0.1) is 0 Å². The Balaban J connectivity index is 2.67. The van der Waals surface area contributed by atoms with Crippen LogP contribution in [0.5, 0.6) is 0 Å². The van der Waals surface area contributed by atoms with E-state index in [9.17, 15) is 13.2 Å². The topological polar surface area (TPSA) is 64.1 Å². The van der Waals surface area contributed by atoms with E-state index in [0.717, 1.165) is 6.26 Å². The Bertz CT molecular complexity index is 681. The van der Waals surface area contributed by atoms with Crippen molar-refractivity contribution in [2.24, 2.45) is 0 Å². The number of carbonyl (C=O) groups is 1. The number of sulfone groups is 1. The number of aromatic nitrogens is 1. The second kappa shape index (κ2) is 5.32. The summed E-state index contributed by atoms with van der Waals surface area (Å²) in [7, 11) is -3.40. The first-order chi connectivity index (χ1) is 9.04. The van der Waals surface area contributed by atoms with Crippen LogP contribution < -0.4 is 0 Å². The summed E-state index contributed by atoms with van der Waals surface area (Å²) in [4.78, 5) is 15.0. The highest BCUT2D eigenvalue weighted by atomic mass is 32.2. The third kappa shape index (κ3) is 2.88. The van der Waals surface area contributed by atoms with Crippen LogP contribution in [0.3, 0.4) is 0 Å². The molecule has 1 aromatic heterocycles. The van der Waals surface area contributed by atoms with Crippen LogP contribution in [0.15, 0.2) is 48.7 Å². The third-order valence-corrected chi connectivity index (χ3v) is 4.18. The molecule has 0 spiro atoms. The molecule has 0 aliphatic heterocycles. The average molecular weight is 275 g/mol. The van der Waals surface area contributed by atoms with Gasteiger partial charge in [-0.1, -0.05) is 36.4 Å². The van der Waals surface area contributed by atoms with Gasteiger partial charge in [-0.2, -0.15) is 0 Å². The van der Waals surface area contributed by atoms with Crippen LogP contribution in [0.25, 0.3) is 0 Å². The van der Waals surface area contributed by atoms with Crippen LogP contribution in [-0.2, 0) is 9.84 Å². The van der Waals surface area contributed by atoms with Gasteiger partial charge in [-0.25, -0.2) is 8.42 Å². The highest BCUT2D eigenvalue weighted by molar-refractivity contribution is 7.91. The molecule has 2 rings (SSSR count). The van der Waals surface area contributed by atoms with E-state index < -0.39 is 15.1 Å². The Hall–Kier alpha value is -2.01. The molecule has 0 bridgehead atoms. The van der Waals surface area contributed by atoms with E-state index in [1.165, 1.54) is 6.20 Å². The SMILES string of the molecule is CS(=O)(=O)C(c1ccccc1)c1cccnc1C=O. The molecular formula is C14H13NO3S. The van der Waals surface area contributed by atoms with Crippen molar-refractivity contribution >= 4 is 16.1 Å². The highest BCUT2D eigenvalue weighted by Crippen LogP contribution is 2.30. The number of hydrogen-bond acceptors (Lipinski definition) is 4. The minimum Gasteiger partial charge on any atom is -0.296 e. The van der Waals surface area contributed by atoms with E-state index in [0.29, 0.717) is 17.4 Å². The summed E-state index contributed by atoms with van der Waals surface area (Å²) in [6.45, 7) is 0. The lowest BCUT2D eigenvalue weighted by molar-refractivity contribution is 0.111. The highest BCUT2D eigenvalue weighted by Gasteiger charge is 2.27. The van der Waals surface area contributed by atoms with Crippen molar-refractivity contribution in [3.05, 3.63) is 65.5 Å². The molecule has 0 fully saturated rings. The Morgan fingerprint density at radius 3 is 2.37 bits per heavy atom. The van der Waals surface area contributed by atoms with Crippen LogP contribution in [0.2, 0.25) is 0 Å². The van der Waals surface area contributed by atoms with E-state index in [1.54, 1.807) is 36.4 Å². The molecule has 0 saturated heterocycles. The van der Waals surface area contributed by atoms with Crippen molar-refractivity contribution < 1.29 is 13.2 Å². The Morgan fingerprint density at radius 1 is 1.11 bits per heavy atom. The number of nitrogens with zero attached hydrogens (tertiary/aromatic N) is 1. The molecule has 1 unspecified atom stereocenters. The number of benzene rings is 1. The number of pyridine rings is 1. The lowest BCUT2D eigenvalue weighted by Gasteiger charge is -2.17. The number of rotatable bonds is 4.